The number of para-hydroxylation sites is 1. The lowest BCUT2D eigenvalue weighted by Crippen LogP contribution is -2.25. The topological polar surface area (TPSA) is 104 Å². The molecule has 0 bridgehead atoms. The van der Waals surface area contributed by atoms with Gasteiger partial charge in [-0.25, -0.2) is 21.1 Å². The Morgan fingerprint density at radius 3 is 2.07 bits per heavy atom. The van der Waals surface area contributed by atoms with Crippen LogP contribution < -0.4 is 10.2 Å². The smallest absolute Gasteiger partial charge is 0.255 e. The van der Waals surface area contributed by atoms with Crippen molar-refractivity contribution in [2.45, 2.75) is 9.79 Å². The monoisotopic (exact) mass is 425 g/mol. The average molecular weight is 426 g/mol. The number of hydrogen-bond acceptors (Lipinski definition) is 6. The van der Waals surface area contributed by atoms with Crippen LogP contribution in [0.1, 0.15) is 10.4 Å². The van der Waals surface area contributed by atoms with Crippen LogP contribution in [-0.2, 0) is 19.9 Å². The molecule has 0 aliphatic carbocycles. The SMILES string of the molecule is CN(C)c1cccc(S(=O)(=O)N(C)C)c1NC(=O)c1cccc(S(C)(=O)=O)c1. The molecule has 0 saturated heterocycles. The number of sulfone groups is 1. The normalized spacial score (nSPS) is 12.1. The maximum atomic E-state index is 12.8. The highest BCUT2D eigenvalue weighted by molar-refractivity contribution is 7.90. The number of nitrogens with one attached hydrogen (secondary N) is 1. The van der Waals surface area contributed by atoms with Crippen LogP contribution in [0.2, 0.25) is 0 Å². The van der Waals surface area contributed by atoms with Crippen LogP contribution in [0.15, 0.2) is 52.3 Å². The molecule has 2 aromatic rings. The maximum absolute atomic E-state index is 12.8. The zero-order valence-corrected chi connectivity index (χ0v) is 17.9. The van der Waals surface area contributed by atoms with E-state index in [0.717, 1.165) is 10.6 Å². The van der Waals surface area contributed by atoms with Gasteiger partial charge in [0.15, 0.2) is 9.84 Å². The van der Waals surface area contributed by atoms with Gasteiger partial charge >= 0.3 is 0 Å². The summed E-state index contributed by atoms with van der Waals surface area (Å²) < 4.78 is 50.0. The first-order valence-corrected chi connectivity index (χ1v) is 11.5. The molecule has 8 nitrogen and oxygen atoms in total. The Kier molecular flexibility index (Phi) is 6.17. The van der Waals surface area contributed by atoms with Gasteiger partial charge in [0.1, 0.15) is 4.90 Å². The van der Waals surface area contributed by atoms with Gasteiger partial charge < -0.3 is 10.2 Å². The van der Waals surface area contributed by atoms with Crippen molar-refractivity contribution >= 4 is 37.1 Å². The summed E-state index contributed by atoms with van der Waals surface area (Å²) in [6, 6.07) is 10.2. The van der Waals surface area contributed by atoms with E-state index in [4.69, 9.17) is 0 Å². The van der Waals surface area contributed by atoms with Crippen LogP contribution in [0.4, 0.5) is 11.4 Å². The number of sulfonamides is 1. The minimum atomic E-state index is -3.83. The minimum Gasteiger partial charge on any atom is -0.376 e. The summed E-state index contributed by atoms with van der Waals surface area (Å²) in [7, 11) is -1.06. The van der Waals surface area contributed by atoms with Crippen LogP contribution in [0.5, 0.6) is 0 Å². The average Bonchev–Trinajstić information content (AvgIpc) is 2.60. The van der Waals surface area contributed by atoms with E-state index in [-0.39, 0.29) is 21.0 Å². The molecule has 1 amide bonds. The largest absolute Gasteiger partial charge is 0.376 e. The quantitative estimate of drug-likeness (QED) is 0.755. The third kappa shape index (κ3) is 4.51. The number of anilines is 2. The number of benzene rings is 2. The highest BCUT2D eigenvalue weighted by Gasteiger charge is 2.25. The van der Waals surface area contributed by atoms with Gasteiger partial charge in [0.25, 0.3) is 5.91 Å². The lowest BCUT2D eigenvalue weighted by Gasteiger charge is -2.22. The van der Waals surface area contributed by atoms with Gasteiger partial charge in [-0.1, -0.05) is 12.1 Å². The first-order valence-electron chi connectivity index (χ1n) is 8.20. The molecule has 2 rings (SSSR count). The third-order valence-corrected chi connectivity index (χ3v) is 6.98. The van der Waals surface area contributed by atoms with E-state index in [1.165, 1.54) is 44.4 Å². The van der Waals surface area contributed by atoms with Crippen molar-refractivity contribution in [2.75, 3.05) is 44.7 Å². The second kappa shape index (κ2) is 7.90. The van der Waals surface area contributed by atoms with E-state index in [9.17, 15) is 21.6 Å². The molecule has 0 spiro atoms. The van der Waals surface area contributed by atoms with E-state index in [2.05, 4.69) is 5.32 Å². The Morgan fingerprint density at radius 2 is 1.54 bits per heavy atom. The molecular formula is C18H23N3O5S2. The zero-order chi connectivity index (χ0) is 21.3. The number of carbonyl (C=O) groups excluding carboxylic acids is 1. The van der Waals surface area contributed by atoms with E-state index in [0.29, 0.717) is 5.69 Å². The van der Waals surface area contributed by atoms with Gasteiger partial charge in [0, 0.05) is 40.0 Å². The van der Waals surface area contributed by atoms with Gasteiger partial charge in [0.05, 0.1) is 16.3 Å². The van der Waals surface area contributed by atoms with Gasteiger partial charge in [-0.2, -0.15) is 0 Å². The Labute approximate surface area is 165 Å². The molecule has 10 heteroatoms. The zero-order valence-electron chi connectivity index (χ0n) is 16.3. The van der Waals surface area contributed by atoms with Gasteiger partial charge in [-0.15, -0.1) is 0 Å². The van der Waals surface area contributed by atoms with E-state index >= 15 is 0 Å². The molecule has 0 radical (unpaired) electrons. The number of hydrogen-bond donors (Lipinski definition) is 1. The molecule has 0 aliphatic rings. The van der Waals surface area contributed by atoms with E-state index in [1.54, 1.807) is 31.1 Å². The highest BCUT2D eigenvalue weighted by Crippen LogP contribution is 2.33. The molecule has 28 heavy (non-hydrogen) atoms. The second-order valence-electron chi connectivity index (χ2n) is 6.59. The van der Waals surface area contributed by atoms with Crippen molar-refractivity contribution in [2.24, 2.45) is 0 Å². The third-order valence-electron chi connectivity index (χ3n) is 4.01. The van der Waals surface area contributed by atoms with Gasteiger partial charge in [-0.3, -0.25) is 4.79 Å². The number of rotatable bonds is 6. The Bertz CT molecular complexity index is 1110. The van der Waals surface area contributed by atoms with Crippen LogP contribution in [0, 0.1) is 0 Å². The Balaban J connectivity index is 2.58. The van der Waals surface area contributed by atoms with E-state index in [1.807, 2.05) is 0 Å². The van der Waals surface area contributed by atoms with Crippen LogP contribution in [0.25, 0.3) is 0 Å². The summed E-state index contributed by atoms with van der Waals surface area (Å²) in [6.45, 7) is 0. The molecule has 0 saturated carbocycles. The molecule has 0 heterocycles. The maximum Gasteiger partial charge on any atom is 0.255 e. The standard InChI is InChI=1S/C18H23N3O5S2/c1-20(2)15-10-7-11-16(28(25,26)21(3)4)17(15)19-18(22)13-8-6-9-14(12-13)27(5,23)24/h6-12H,1-5H3,(H,19,22). The van der Waals surface area contributed by atoms with Crippen molar-refractivity contribution in [3.8, 4) is 0 Å². The van der Waals surface area contributed by atoms with Crippen LogP contribution in [-0.4, -0.2) is 61.5 Å². The molecule has 152 valence electrons. The molecule has 0 atom stereocenters. The molecule has 0 fully saturated rings. The summed E-state index contributed by atoms with van der Waals surface area (Å²) in [6.07, 6.45) is 1.05. The fourth-order valence-electron chi connectivity index (χ4n) is 2.48. The second-order valence-corrected chi connectivity index (χ2v) is 10.7. The molecular weight excluding hydrogens is 402 g/mol. The van der Waals surface area contributed by atoms with Crippen molar-refractivity contribution in [1.82, 2.24) is 4.31 Å². The molecule has 2 aromatic carbocycles. The Morgan fingerprint density at radius 1 is 0.929 bits per heavy atom. The minimum absolute atomic E-state index is 0.00202. The Hall–Kier alpha value is -2.43. The molecule has 0 unspecified atom stereocenters. The first kappa shape index (κ1) is 21.9. The fourth-order valence-corrected chi connectivity index (χ4v) is 4.21. The number of amides is 1. The number of nitrogens with zero attached hydrogens (tertiary/aromatic N) is 2. The molecule has 0 aromatic heterocycles. The van der Waals surface area contributed by atoms with Crippen molar-refractivity contribution in [3.05, 3.63) is 48.0 Å². The summed E-state index contributed by atoms with van der Waals surface area (Å²) in [5, 5.41) is 2.64. The predicted molar refractivity (Wildman–Crippen MR) is 109 cm³/mol. The van der Waals surface area contributed by atoms with Crippen LogP contribution in [0.3, 0.4) is 0 Å². The van der Waals surface area contributed by atoms with Gasteiger partial charge in [-0.05, 0) is 30.3 Å². The summed E-state index contributed by atoms with van der Waals surface area (Å²) >= 11 is 0. The molecule has 0 aliphatic heterocycles. The highest BCUT2D eigenvalue weighted by atomic mass is 32.2. The lowest BCUT2D eigenvalue weighted by molar-refractivity contribution is 0.102. The lowest BCUT2D eigenvalue weighted by atomic mass is 10.2. The van der Waals surface area contributed by atoms with E-state index < -0.39 is 25.8 Å². The van der Waals surface area contributed by atoms with Crippen molar-refractivity contribution < 1.29 is 21.6 Å². The first-order chi connectivity index (χ1) is 12.9. The fraction of sp³-hybridized carbons (Fsp3) is 0.278. The summed E-state index contributed by atoms with van der Waals surface area (Å²) in [4.78, 5) is 14.4. The summed E-state index contributed by atoms with van der Waals surface area (Å²) in [5.74, 6) is -0.616. The number of carbonyl (C=O) groups is 1. The summed E-state index contributed by atoms with van der Waals surface area (Å²) in [5.41, 5.74) is 0.719. The van der Waals surface area contributed by atoms with Crippen molar-refractivity contribution in [1.29, 1.82) is 0 Å². The molecule has 1 N–H and O–H groups in total. The predicted octanol–water partition coefficient (Wildman–Crippen LogP) is 1.66. The van der Waals surface area contributed by atoms with Gasteiger partial charge in [0.2, 0.25) is 10.0 Å². The van der Waals surface area contributed by atoms with Crippen LogP contribution >= 0.6 is 0 Å². The van der Waals surface area contributed by atoms with Crippen molar-refractivity contribution in [3.63, 3.8) is 0 Å².